The van der Waals surface area contributed by atoms with Crippen LogP contribution in [0.25, 0.3) is 6.08 Å². The minimum absolute atomic E-state index is 0.328. The molecular weight excluding hydrogens is 248 g/mol. The summed E-state index contributed by atoms with van der Waals surface area (Å²) in [6, 6.07) is 1.54. The highest BCUT2D eigenvalue weighted by Crippen LogP contribution is 2.08. The van der Waals surface area contributed by atoms with Crippen molar-refractivity contribution in [3.63, 3.8) is 0 Å². The minimum Gasteiger partial charge on any atom is -0.478 e. The lowest BCUT2D eigenvalue weighted by molar-refractivity contribution is -0.131. The van der Waals surface area contributed by atoms with Crippen LogP contribution in [0.2, 0.25) is 0 Å². The maximum Gasteiger partial charge on any atom is 0.328 e. The largest absolute Gasteiger partial charge is 0.478 e. The predicted molar refractivity (Wildman–Crippen MR) is 67.4 cm³/mol. The lowest BCUT2D eigenvalue weighted by Gasteiger charge is -2.02. The van der Waals surface area contributed by atoms with Crippen LogP contribution in [0.4, 0.5) is 5.69 Å². The molecule has 7 nitrogen and oxygen atoms in total. The minimum atomic E-state index is -1.06. The van der Waals surface area contributed by atoms with E-state index in [1.165, 1.54) is 24.7 Å². The summed E-state index contributed by atoms with van der Waals surface area (Å²) in [5, 5.41) is 17.4. The normalized spacial score (nSPS) is 10.5. The molecule has 0 saturated heterocycles. The number of carboxylic acids is 1. The number of nitrogens with zero attached hydrogens (tertiary/aromatic N) is 2. The third-order valence-corrected chi connectivity index (χ3v) is 2.20. The Morgan fingerprint density at radius 2 is 2.16 bits per heavy atom. The van der Waals surface area contributed by atoms with E-state index >= 15 is 0 Å². The van der Waals surface area contributed by atoms with Crippen LogP contribution in [0, 0.1) is 0 Å². The first-order chi connectivity index (χ1) is 9.15. The Balaban J connectivity index is 2.14. The highest BCUT2D eigenvalue weighted by atomic mass is 16.4. The molecule has 0 aliphatic rings. The summed E-state index contributed by atoms with van der Waals surface area (Å²) < 4.78 is 0. The van der Waals surface area contributed by atoms with Crippen LogP contribution in [0.15, 0.2) is 36.9 Å². The number of nitrogens with one attached hydrogen (secondary N) is 2. The van der Waals surface area contributed by atoms with Gasteiger partial charge < -0.3 is 10.4 Å². The number of aromatic nitrogens is 3. The zero-order valence-corrected chi connectivity index (χ0v) is 9.70. The topological polar surface area (TPSA) is 108 Å². The number of carbonyl (C=O) groups excluding carboxylic acids is 1. The fraction of sp³-hybridized carbons (Fsp3) is 0. The van der Waals surface area contributed by atoms with E-state index in [9.17, 15) is 9.59 Å². The first kappa shape index (κ1) is 12.5. The lowest BCUT2D eigenvalue weighted by atomic mass is 10.2. The van der Waals surface area contributed by atoms with Crippen molar-refractivity contribution in [3.05, 3.63) is 48.1 Å². The van der Waals surface area contributed by atoms with Crippen molar-refractivity contribution in [1.82, 2.24) is 15.2 Å². The van der Waals surface area contributed by atoms with E-state index in [1.807, 2.05) is 0 Å². The first-order valence-corrected chi connectivity index (χ1v) is 5.31. The van der Waals surface area contributed by atoms with Crippen molar-refractivity contribution in [1.29, 1.82) is 0 Å². The second-order valence-electron chi connectivity index (χ2n) is 3.62. The average Bonchev–Trinajstić information content (AvgIpc) is 2.89. The van der Waals surface area contributed by atoms with Gasteiger partial charge >= 0.3 is 5.97 Å². The van der Waals surface area contributed by atoms with Gasteiger partial charge in [0.1, 0.15) is 0 Å². The Hall–Kier alpha value is -2.96. The van der Waals surface area contributed by atoms with Gasteiger partial charge in [0.25, 0.3) is 5.91 Å². The second kappa shape index (κ2) is 5.58. The Morgan fingerprint density at radius 1 is 1.32 bits per heavy atom. The third kappa shape index (κ3) is 3.50. The molecule has 0 fully saturated rings. The molecule has 0 bridgehead atoms. The van der Waals surface area contributed by atoms with E-state index in [-0.39, 0.29) is 5.91 Å². The second-order valence-corrected chi connectivity index (χ2v) is 3.62. The SMILES string of the molecule is O=C(O)C=Cc1cncc(C(=O)Nc2cn[nH]c2)c1. The standard InChI is InChI=1S/C12H10N4O3/c17-11(18)2-1-8-3-9(5-13-4-8)12(19)16-10-6-14-15-7-10/h1-7H,(H,14,15)(H,16,19)(H,17,18). The number of H-pyrrole nitrogens is 1. The molecule has 0 aromatic carbocycles. The average molecular weight is 258 g/mol. The van der Waals surface area contributed by atoms with Crippen LogP contribution >= 0.6 is 0 Å². The molecule has 2 heterocycles. The van der Waals surface area contributed by atoms with Crippen molar-refractivity contribution in [2.24, 2.45) is 0 Å². The molecule has 1 amide bonds. The molecule has 0 atom stereocenters. The molecule has 3 N–H and O–H groups in total. The van der Waals surface area contributed by atoms with Crippen molar-refractivity contribution in [3.8, 4) is 0 Å². The van der Waals surface area contributed by atoms with Crippen molar-refractivity contribution in [2.45, 2.75) is 0 Å². The summed E-state index contributed by atoms with van der Waals surface area (Å²) >= 11 is 0. The summed E-state index contributed by atoms with van der Waals surface area (Å²) in [4.78, 5) is 26.2. The molecule has 0 aliphatic carbocycles. The smallest absolute Gasteiger partial charge is 0.328 e. The van der Waals surface area contributed by atoms with Gasteiger partial charge in [-0.1, -0.05) is 0 Å². The Morgan fingerprint density at radius 3 is 2.84 bits per heavy atom. The molecule has 2 rings (SSSR count). The molecule has 0 spiro atoms. The van der Waals surface area contributed by atoms with Gasteiger partial charge in [-0.15, -0.1) is 0 Å². The van der Waals surface area contributed by atoms with Gasteiger partial charge in [0, 0.05) is 24.7 Å². The molecule has 0 aliphatic heterocycles. The van der Waals surface area contributed by atoms with Crippen molar-refractivity contribution in [2.75, 3.05) is 5.32 Å². The Labute approximate surface area is 108 Å². The maximum absolute atomic E-state index is 11.9. The molecule has 96 valence electrons. The van der Waals surface area contributed by atoms with E-state index in [4.69, 9.17) is 5.11 Å². The number of aromatic amines is 1. The van der Waals surface area contributed by atoms with Crippen LogP contribution < -0.4 is 5.32 Å². The van der Waals surface area contributed by atoms with Gasteiger partial charge in [0.2, 0.25) is 0 Å². The molecule has 7 heteroatoms. The van der Waals surface area contributed by atoms with Crippen LogP contribution in [0.5, 0.6) is 0 Å². The van der Waals surface area contributed by atoms with Crippen LogP contribution in [-0.4, -0.2) is 32.2 Å². The monoisotopic (exact) mass is 258 g/mol. The van der Waals surface area contributed by atoms with Gasteiger partial charge in [-0.05, 0) is 17.7 Å². The van der Waals surface area contributed by atoms with E-state index in [0.29, 0.717) is 16.8 Å². The van der Waals surface area contributed by atoms with Gasteiger partial charge in [-0.25, -0.2) is 4.79 Å². The molecule has 2 aromatic rings. The van der Waals surface area contributed by atoms with Gasteiger partial charge in [-0.2, -0.15) is 5.10 Å². The third-order valence-electron chi connectivity index (χ3n) is 2.20. The summed E-state index contributed by atoms with van der Waals surface area (Å²) in [5.74, 6) is -1.41. The number of aliphatic carboxylic acids is 1. The number of carboxylic acid groups (broad SMARTS) is 1. The van der Waals surface area contributed by atoms with Gasteiger partial charge in [0.05, 0.1) is 17.4 Å². The number of pyridine rings is 1. The Kier molecular flexibility index (Phi) is 3.67. The maximum atomic E-state index is 11.9. The van der Waals surface area contributed by atoms with E-state index < -0.39 is 5.97 Å². The van der Waals surface area contributed by atoms with E-state index in [1.54, 1.807) is 12.3 Å². The number of anilines is 1. The molecular formula is C12H10N4O3. The molecule has 0 saturated carbocycles. The summed E-state index contributed by atoms with van der Waals surface area (Å²) in [6.45, 7) is 0. The molecule has 19 heavy (non-hydrogen) atoms. The van der Waals surface area contributed by atoms with Crippen LogP contribution in [0.3, 0.4) is 0 Å². The van der Waals surface area contributed by atoms with E-state index in [2.05, 4.69) is 20.5 Å². The summed E-state index contributed by atoms with van der Waals surface area (Å²) in [5.41, 5.74) is 1.40. The fourth-order valence-electron chi connectivity index (χ4n) is 1.36. The fourth-order valence-corrected chi connectivity index (χ4v) is 1.36. The van der Waals surface area contributed by atoms with E-state index in [0.717, 1.165) is 6.08 Å². The lowest BCUT2D eigenvalue weighted by Crippen LogP contribution is -2.11. The number of carbonyl (C=O) groups is 2. The number of amides is 1. The van der Waals surface area contributed by atoms with Crippen LogP contribution in [-0.2, 0) is 4.79 Å². The number of rotatable bonds is 4. The highest BCUT2D eigenvalue weighted by molar-refractivity contribution is 6.04. The van der Waals surface area contributed by atoms with Crippen molar-refractivity contribution < 1.29 is 14.7 Å². The molecule has 0 radical (unpaired) electrons. The van der Waals surface area contributed by atoms with Crippen LogP contribution in [0.1, 0.15) is 15.9 Å². The quantitative estimate of drug-likeness (QED) is 0.713. The number of hydrogen-bond acceptors (Lipinski definition) is 4. The zero-order chi connectivity index (χ0) is 13.7. The first-order valence-electron chi connectivity index (χ1n) is 5.31. The summed E-state index contributed by atoms with van der Waals surface area (Å²) in [6.07, 6.45) is 8.22. The van der Waals surface area contributed by atoms with Gasteiger partial charge in [-0.3, -0.25) is 14.9 Å². The molecule has 0 unspecified atom stereocenters. The predicted octanol–water partition coefficient (Wildman–Crippen LogP) is 1.15. The highest BCUT2D eigenvalue weighted by Gasteiger charge is 2.07. The zero-order valence-electron chi connectivity index (χ0n) is 9.70. The molecule has 2 aromatic heterocycles. The Bertz CT molecular complexity index is 620. The number of hydrogen-bond donors (Lipinski definition) is 3. The summed E-state index contributed by atoms with van der Waals surface area (Å²) in [7, 11) is 0. The van der Waals surface area contributed by atoms with Crippen molar-refractivity contribution >= 4 is 23.6 Å². The van der Waals surface area contributed by atoms with Gasteiger partial charge in [0.15, 0.2) is 0 Å².